The Kier molecular flexibility index (Phi) is 9.59. The molecule has 0 bridgehead atoms. The molecule has 1 heterocycles. The first-order chi connectivity index (χ1) is 11.6. The molecular weight excluding hydrogens is 346 g/mol. The third kappa shape index (κ3) is 6.70. The van der Waals surface area contributed by atoms with Gasteiger partial charge in [0.1, 0.15) is 24.1 Å². The molecule has 1 aliphatic heterocycles. The molecular formula is C17H28ClN3O4. The van der Waals surface area contributed by atoms with E-state index in [4.69, 9.17) is 19.9 Å². The number of amides is 1. The summed E-state index contributed by atoms with van der Waals surface area (Å²) in [5.74, 6) is 1.55. The molecule has 1 fully saturated rings. The van der Waals surface area contributed by atoms with E-state index in [2.05, 4.69) is 4.90 Å². The van der Waals surface area contributed by atoms with E-state index in [-0.39, 0.29) is 24.9 Å². The van der Waals surface area contributed by atoms with E-state index in [1.165, 1.54) is 0 Å². The molecule has 1 aromatic rings. The smallest absolute Gasteiger partial charge is 0.241 e. The lowest BCUT2D eigenvalue weighted by Crippen LogP contribution is -2.54. The van der Waals surface area contributed by atoms with Gasteiger partial charge in [0.15, 0.2) is 0 Å². The third-order valence-corrected chi connectivity index (χ3v) is 4.06. The summed E-state index contributed by atoms with van der Waals surface area (Å²) in [7, 11) is 3.19. The number of methoxy groups -OCH3 is 2. The second-order valence-electron chi connectivity index (χ2n) is 5.76. The molecule has 0 radical (unpaired) electrons. The van der Waals surface area contributed by atoms with Gasteiger partial charge >= 0.3 is 0 Å². The number of rotatable bonds is 8. The van der Waals surface area contributed by atoms with E-state index in [1.54, 1.807) is 14.2 Å². The SMILES string of the molecule is COCC(N)C(=O)N1CCN(CCOc2cccc(OC)c2)CC1.Cl. The van der Waals surface area contributed by atoms with Gasteiger partial charge in [-0.15, -0.1) is 12.4 Å². The van der Waals surface area contributed by atoms with Crippen molar-refractivity contribution in [1.82, 2.24) is 9.80 Å². The van der Waals surface area contributed by atoms with Crippen LogP contribution in [0.25, 0.3) is 0 Å². The maximum atomic E-state index is 12.1. The number of carbonyl (C=O) groups is 1. The van der Waals surface area contributed by atoms with Crippen LogP contribution in [-0.4, -0.2) is 81.9 Å². The fourth-order valence-electron chi connectivity index (χ4n) is 2.66. The molecule has 1 saturated heterocycles. The highest BCUT2D eigenvalue weighted by Gasteiger charge is 2.24. The highest BCUT2D eigenvalue weighted by Crippen LogP contribution is 2.18. The average molecular weight is 374 g/mol. The number of nitrogens with zero attached hydrogens (tertiary/aromatic N) is 2. The molecule has 1 unspecified atom stereocenters. The van der Waals surface area contributed by atoms with Crippen molar-refractivity contribution in [1.29, 1.82) is 0 Å². The van der Waals surface area contributed by atoms with Gasteiger partial charge in [-0.1, -0.05) is 6.07 Å². The zero-order valence-electron chi connectivity index (χ0n) is 14.8. The van der Waals surface area contributed by atoms with Gasteiger partial charge in [0.05, 0.1) is 13.7 Å². The molecule has 7 nitrogen and oxygen atoms in total. The van der Waals surface area contributed by atoms with Crippen molar-refractivity contribution in [3.05, 3.63) is 24.3 Å². The molecule has 0 aliphatic carbocycles. The first kappa shape index (κ1) is 21.5. The molecule has 0 saturated carbocycles. The normalized spacial score (nSPS) is 16.0. The second kappa shape index (κ2) is 11.1. The van der Waals surface area contributed by atoms with Crippen LogP contribution in [0.2, 0.25) is 0 Å². The van der Waals surface area contributed by atoms with Crippen molar-refractivity contribution in [2.45, 2.75) is 6.04 Å². The maximum absolute atomic E-state index is 12.1. The Morgan fingerprint density at radius 3 is 2.52 bits per heavy atom. The average Bonchev–Trinajstić information content (AvgIpc) is 2.62. The summed E-state index contributed by atoms with van der Waals surface area (Å²) in [6, 6.07) is 7.00. The number of hydrogen-bond acceptors (Lipinski definition) is 6. The Morgan fingerprint density at radius 1 is 1.20 bits per heavy atom. The molecule has 1 amide bonds. The summed E-state index contributed by atoms with van der Waals surface area (Å²) in [6.07, 6.45) is 0. The predicted molar refractivity (Wildman–Crippen MR) is 98.6 cm³/mol. The van der Waals surface area contributed by atoms with Crippen LogP contribution in [0.3, 0.4) is 0 Å². The standard InChI is InChI=1S/C17H27N3O4.ClH/c1-22-13-16(18)17(21)20-8-6-19(7-9-20)10-11-24-15-5-3-4-14(12-15)23-2;/h3-5,12,16H,6-11,13,18H2,1-2H3;1H. The Balaban J connectivity index is 0.00000312. The number of ether oxygens (including phenoxy) is 3. The van der Waals surface area contributed by atoms with Gasteiger partial charge in [0.2, 0.25) is 5.91 Å². The largest absolute Gasteiger partial charge is 0.497 e. The van der Waals surface area contributed by atoms with Crippen LogP contribution in [0.1, 0.15) is 0 Å². The lowest BCUT2D eigenvalue weighted by molar-refractivity contribution is -0.135. The van der Waals surface area contributed by atoms with Gasteiger partial charge < -0.3 is 24.8 Å². The van der Waals surface area contributed by atoms with Gasteiger partial charge in [0.25, 0.3) is 0 Å². The van der Waals surface area contributed by atoms with Crippen molar-refractivity contribution in [3.8, 4) is 11.5 Å². The number of benzene rings is 1. The van der Waals surface area contributed by atoms with Gasteiger partial charge in [-0.2, -0.15) is 0 Å². The van der Waals surface area contributed by atoms with E-state index >= 15 is 0 Å². The molecule has 2 rings (SSSR count). The molecule has 1 atom stereocenters. The number of nitrogens with two attached hydrogens (primary N) is 1. The minimum atomic E-state index is -0.571. The summed E-state index contributed by atoms with van der Waals surface area (Å²) in [6.45, 7) is 4.71. The fraction of sp³-hybridized carbons (Fsp3) is 0.588. The van der Waals surface area contributed by atoms with Crippen molar-refractivity contribution in [2.75, 3.05) is 60.2 Å². The second-order valence-corrected chi connectivity index (χ2v) is 5.76. The van der Waals surface area contributed by atoms with E-state index in [0.29, 0.717) is 19.7 Å². The van der Waals surface area contributed by atoms with Gasteiger partial charge in [-0.25, -0.2) is 0 Å². The van der Waals surface area contributed by atoms with Crippen LogP contribution in [-0.2, 0) is 9.53 Å². The minimum absolute atomic E-state index is 0. The molecule has 1 aliphatic rings. The van der Waals surface area contributed by atoms with E-state index in [0.717, 1.165) is 31.1 Å². The van der Waals surface area contributed by atoms with Crippen LogP contribution < -0.4 is 15.2 Å². The monoisotopic (exact) mass is 373 g/mol. The summed E-state index contributed by atoms with van der Waals surface area (Å²) in [4.78, 5) is 16.2. The van der Waals surface area contributed by atoms with Crippen molar-refractivity contribution >= 4 is 18.3 Å². The summed E-state index contributed by atoms with van der Waals surface area (Å²) in [5.41, 5.74) is 5.80. The fourth-order valence-corrected chi connectivity index (χ4v) is 2.66. The summed E-state index contributed by atoms with van der Waals surface area (Å²) < 4.78 is 15.9. The van der Waals surface area contributed by atoms with E-state index < -0.39 is 6.04 Å². The van der Waals surface area contributed by atoms with Gasteiger partial charge in [-0.05, 0) is 12.1 Å². The first-order valence-corrected chi connectivity index (χ1v) is 8.16. The van der Waals surface area contributed by atoms with Gasteiger partial charge in [-0.3, -0.25) is 9.69 Å². The highest BCUT2D eigenvalue weighted by molar-refractivity contribution is 5.85. The van der Waals surface area contributed by atoms with Crippen LogP contribution >= 0.6 is 12.4 Å². The lowest BCUT2D eigenvalue weighted by Gasteiger charge is -2.35. The molecule has 142 valence electrons. The van der Waals surface area contributed by atoms with Crippen LogP contribution in [0.5, 0.6) is 11.5 Å². The minimum Gasteiger partial charge on any atom is -0.497 e. The van der Waals surface area contributed by atoms with Crippen LogP contribution in [0.4, 0.5) is 0 Å². The topological polar surface area (TPSA) is 77.3 Å². The zero-order valence-corrected chi connectivity index (χ0v) is 15.7. The Labute approximate surface area is 155 Å². The quantitative estimate of drug-likeness (QED) is 0.719. The molecule has 0 aromatic heterocycles. The number of piperazine rings is 1. The van der Waals surface area contributed by atoms with Crippen LogP contribution in [0, 0.1) is 0 Å². The predicted octanol–water partition coefficient (Wildman–Crippen LogP) is 0.614. The summed E-state index contributed by atoms with van der Waals surface area (Å²) >= 11 is 0. The summed E-state index contributed by atoms with van der Waals surface area (Å²) in [5, 5.41) is 0. The Morgan fingerprint density at radius 2 is 1.88 bits per heavy atom. The highest BCUT2D eigenvalue weighted by atomic mass is 35.5. The van der Waals surface area contributed by atoms with E-state index in [1.807, 2.05) is 29.2 Å². The molecule has 0 spiro atoms. The Hall–Kier alpha value is -1.54. The lowest BCUT2D eigenvalue weighted by atomic mass is 10.2. The molecule has 1 aromatic carbocycles. The number of hydrogen-bond donors (Lipinski definition) is 1. The van der Waals surface area contributed by atoms with Crippen molar-refractivity contribution in [3.63, 3.8) is 0 Å². The third-order valence-electron chi connectivity index (χ3n) is 4.06. The van der Waals surface area contributed by atoms with Gasteiger partial charge in [0, 0.05) is 45.9 Å². The number of carbonyl (C=O) groups excluding carboxylic acids is 1. The molecule has 25 heavy (non-hydrogen) atoms. The van der Waals surface area contributed by atoms with E-state index in [9.17, 15) is 4.79 Å². The maximum Gasteiger partial charge on any atom is 0.241 e. The van der Waals surface area contributed by atoms with Crippen molar-refractivity contribution in [2.24, 2.45) is 5.73 Å². The number of halogens is 1. The first-order valence-electron chi connectivity index (χ1n) is 8.16. The Bertz CT molecular complexity index is 524. The molecule has 8 heteroatoms. The molecule has 2 N–H and O–H groups in total. The zero-order chi connectivity index (χ0) is 17.4. The van der Waals surface area contributed by atoms with Crippen LogP contribution in [0.15, 0.2) is 24.3 Å². The van der Waals surface area contributed by atoms with Crippen molar-refractivity contribution < 1.29 is 19.0 Å².